The minimum absolute atomic E-state index is 0.0877. The van der Waals surface area contributed by atoms with Gasteiger partial charge in [0.2, 0.25) is 0 Å². The number of rotatable bonds is 6. The fourth-order valence-corrected chi connectivity index (χ4v) is 4.03. The number of ether oxygens (including phenoxy) is 1. The Balaban J connectivity index is 1.68. The molecule has 1 N–H and O–H groups in total. The van der Waals surface area contributed by atoms with Gasteiger partial charge in [-0.25, -0.2) is 0 Å². The van der Waals surface area contributed by atoms with Gasteiger partial charge in [0.05, 0.1) is 12.8 Å². The zero-order valence-corrected chi connectivity index (χ0v) is 17.7. The maximum absolute atomic E-state index is 12.9. The number of hydrogen-bond acceptors (Lipinski definition) is 5. The number of carbonyl (C=O) groups excluding carboxylic acids is 1. The molecule has 156 valence electrons. The second-order valence-corrected chi connectivity index (χ2v) is 8.13. The standard InChI is InChI=1S/C21H27N3O4S/c1-21(2,17-7-5-4-6-8-17)24-13-11-23(12-14-24)20(25)16-9-10-18(22-29(26)27)19(15-16)28-3/h4-10,15,22H,11-14H2,1-3H3,(H,26,27)/p-1. The molecule has 1 fully saturated rings. The van der Waals surface area contributed by atoms with E-state index in [-0.39, 0.29) is 11.4 Å². The van der Waals surface area contributed by atoms with E-state index in [4.69, 9.17) is 4.74 Å². The summed E-state index contributed by atoms with van der Waals surface area (Å²) in [7, 11) is 1.44. The van der Waals surface area contributed by atoms with Gasteiger partial charge >= 0.3 is 0 Å². The Morgan fingerprint density at radius 1 is 1.10 bits per heavy atom. The summed E-state index contributed by atoms with van der Waals surface area (Å²) in [6.45, 7) is 7.22. The Kier molecular flexibility index (Phi) is 6.56. The van der Waals surface area contributed by atoms with Crippen LogP contribution in [-0.2, 0) is 16.8 Å². The van der Waals surface area contributed by atoms with Gasteiger partial charge in [-0.1, -0.05) is 30.3 Å². The van der Waals surface area contributed by atoms with E-state index in [2.05, 4.69) is 35.6 Å². The Hall–Kier alpha value is -2.42. The van der Waals surface area contributed by atoms with E-state index in [1.165, 1.54) is 18.7 Å². The van der Waals surface area contributed by atoms with Crippen molar-refractivity contribution >= 4 is 22.9 Å². The molecule has 0 bridgehead atoms. The van der Waals surface area contributed by atoms with E-state index in [1.807, 2.05) is 23.1 Å². The number of anilines is 1. The highest BCUT2D eigenvalue weighted by Gasteiger charge is 2.32. The monoisotopic (exact) mass is 416 g/mol. The average molecular weight is 417 g/mol. The van der Waals surface area contributed by atoms with Gasteiger partial charge in [-0.15, -0.1) is 0 Å². The van der Waals surface area contributed by atoms with Crippen LogP contribution in [0.5, 0.6) is 5.75 Å². The Bertz CT molecular complexity index is 881. The molecular formula is C21H26N3O4S-. The lowest BCUT2D eigenvalue weighted by atomic mass is 9.91. The SMILES string of the molecule is COc1cc(C(=O)N2CCN(C(C)(C)c3ccccc3)CC2)ccc1NS(=O)[O-]. The first-order valence-corrected chi connectivity index (χ1v) is 10.5. The minimum atomic E-state index is -2.46. The molecule has 1 unspecified atom stereocenters. The van der Waals surface area contributed by atoms with Gasteiger partial charge in [-0.3, -0.25) is 13.9 Å². The predicted molar refractivity (Wildman–Crippen MR) is 112 cm³/mol. The molecule has 3 rings (SSSR count). The van der Waals surface area contributed by atoms with Gasteiger partial charge < -0.3 is 18.9 Å². The molecule has 1 heterocycles. The molecule has 2 aromatic carbocycles. The summed E-state index contributed by atoms with van der Waals surface area (Å²) < 4.78 is 29.2. The van der Waals surface area contributed by atoms with Crippen LogP contribution in [0, 0.1) is 0 Å². The van der Waals surface area contributed by atoms with Gasteiger partial charge in [0.25, 0.3) is 5.91 Å². The van der Waals surface area contributed by atoms with Crippen LogP contribution < -0.4 is 9.46 Å². The van der Waals surface area contributed by atoms with Crippen molar-refractivity contribution in [3.05, 3.63) is 59.7 Å². The molecule has 1 amide bonds. The van der Waals surface area contributed by atoms with Crippen LogP contribution in [0.2, 0.25) is 0 Å². The average Bonchev–Trinajstić information content (AvgIpc) is 2.74. The highest BCUT2D eigenvalue weighted by Crippen LogP contribution is 2.30. The fraction of sp³-hybridized carbons (Fsp3) is 0.381. The summed E-state index contributed by atoms with van der Waals surface area (Å²) in [5.41, 5.74) is 1.91. The third-order valence-electron chi connectivity index (χ3n) is 5.48. The van der Waals surface area contributed by atoms with Crippen molar-refractivity contribution in [3.63, 3.8) is 0 Å². The van der Waals surface area contributed by atoms with Crippen LogP contribution in [0.4, 0.5) is 5.69 Å². The van der Waals surface area contributed by atoms with Crippen molar-refractivity contribution in [2.45, 2.75) is 19.4 Å². The van der Waals surface area contributed by atoms with Crippen LogP contribution in [0.3, 0.4) is 0 Å². The van der Waals surface area contributed by atoms with Crippen LogP contribution in [0.15, 0.2) is 48.5 Å². The number of benzene rings is 2. The summed E-state index contributed by atoms with van der Waals surface area (Å²) in [6.07, 6.45) is 0. The van der Waals surface area contributed by atoms with Crippen molar-refractivity contribution in [1.82, 2.24) is 9.80 Å². The van der Waals surface area contributed by atoms with Gasteiger partial charge in [-0.2, -0.15) is 0 Å². The highest BCUT2D eigenvalue weighted by atomic mass is 32.2. The molecule has 1 atom stereocenters. The topological polar surface area (TPSA) is 84.9 Å². The Labute approximate surface area is 174 Å². The summed E-state index contributed by atoms with van der Waals surface area (Å²) in [5, 5.41) is 0. The molecule has 2 aromatic rings. The lowest BCUT2D eigenvalue weighted by Gasteiger charge is -2.44. The van der Waals surface area contributed by atoms with E-state index in [9.17, 15) is 13.6 Å². The van der Waals surface area contributed by atoms with Gasteiger partial charge in [-0.05, 0) is 37.6 Å². The predicted octanol–water partition coefficient (Wildman–Crippen LogP) is 2.59. The zero-order valence-electron chi connectivity index (χ0n) is 16.9. The molecular weight excluding hydrogens is 390 g/mol. The summed E-state index contributed by atoms with van der Waals surface area (Å²) in [5.74, 6) is 0.221. The second kappa shape index (κ2) is 8.94. The van der Waals surface area contributed by atoms with Gasteiger partial charge in [0.15, 0.2) is 0 Å². The largest absolute Gasteiger partial charge is 0.755 e. The van der Waals surface area contributed by atoms with E-state index < -0.39 is 11.3 Å². The molecule has 0 saturated carbocycles. The lowest BCUT2D eigenvalue weighted by molar-refractivity contribution is 0.0391. The van der Waals surface area contributed by atoms with Gasteiger partial charge in [0, 0.05) is 48.5 Å². The van der Waals surface area contributed by atoms with Crippen molar-refractivity contribution in [2.75, 3.05) is 38.0 Å². The summed E-state index contributed by atoms with van der Waals surface area (Å²) in [4.78, 5) is 17.2. The number of carbonyl (C=O) groups is 1. The first-order chi connectivity index (χ1) is 13.8. The first kappa shape index (κ1) is 21.3. The summed E-state index contributed by atoms with van der Waals surface area (Å²) >= 11 is -2.46. The van der Waals surface area contributed by atoms with E-state index in [0.717, 1.165) is 13.1 Å². The number of nitrogens with one attached hydrogen (secondary N) is 1. The van der Waals surface area contributed by atoms with Crippen molar-refractivity contribution < 1.29 is 18.3 Å². The quantitative estimate of drug-likeness (QED) is 0.732. The van der Waals surface area contributed by atoms with Crippen LogP contribution in [0.25, 0.3) is 0 Å². The molecule has 0 radical (unpaired) electrons. The maximum Gasteiger partial charge on any atom is 0.254 e. The zero-order chi connectivity index (χ0) is 21.0. The van der Waals surface area contributed by atoms with E-state index in [0.29, 0.717) is 30.1 Å². The van der Waals surface area contributed by atoms with Crippen molar-refractivity contribution in [1.29, 1.82) is 0 Å². The third kappa shape index (κ3) is 4.77. The smallest absolute Gasteiger partial charge is 0.254 e. The molecule has 0 aromatic heterocycles. The molecule has 8 heteroatoms. The number of methoxy groups -OCH3 is 1. The highest BCUT2D eigenvalue weighted by molar-refractivity contribution is 7.80. The number of hydrogen-bond donors (Lipinski definition) is 1. The van der Waals surface area contributed by atoms with Crippen LogP contribution in [-0.4, -0.2) is 57.8 Å². The second-order valence-electron chi connectivity index (χ2n) is 7.46. The third-order valence-corrected chi connectivity index (χ3v) is 5.87. The molecule has 1 aliphatic heterocycles. The normalized spacial score (nSPS) is 16.3. The number of nitrogens with zero attached hydrogens (tertiary/aromatic N) is 2. The Morgan fingerprint density at radius 3 is 2.34 bits per heavy atom. The fourth-order valence-electron chi connectivity index (χ4n) is 3.68. The maximum atomic E-state index is 12.9. The number of piperazine rings is 1. The molecule has 7 nitrogen and oxygen atoms in total. The Morgan fingerprint density at radius 2 is 1.76 bits per heavy atom. The first-order valence-electron chi connectivity index (χ1n) is 9.46. The van der Waals surface area contributed by atoms with Crippen molar-refractivity contribution in [2.24, 2.45) is 0 Å². The molecule has 29 heavy (non-hydrogen) atoms. The molecule has 1 saturated heterocycles. The molecule has 0 aliphatic carbocycles. The van der Waals surface area contributed by atoms with Gasteiger partial charge in [0.1, 0.15) is 5.75 Å². The number of amides is 1. The molecule has 0 spiro atoms. The molecule has 1 aliphatic rings. The lowest BCUT2D eigenvalue weighted by Crippen LogP contribution is -2.54. The van der Waals surface area contributed by atoms with E-state index in [1.54, 1.807) is 12.1 Å². The van der Waals surface area contributed by atoms with Crippen LogP contribution in [0.1, 0.15) is 29.8 Å². The van der Waals surface area contributed by atoms with Crippen molar-refractivity contribution in [3.8, 4) is 5.75 Å². The minimum Gasteiger partial charge on any atom is -0.755 e. The van der Waals surface area contributed by atoms with E-state index >= 15 is 0 Å². The van der Waals surface area contributed by atoms with Crippen LogP contribution >= 0.6 is 0 Å². The summed E-state index contributed by atoms with van der Waals surface area (Å²) in [6, 6.07) is 15.1.